The molecule has 1 unspecified atom stereocenters. The van der Waals surface area contributed by atoms with Crippen molar-refractivity contribution in [3.8, 4) is 0 Å². The third-order valence-corrected chi connectivity index (χ3v) is 8.14. The first-order valence-electron chi connectivity index (χ1n) is 12.3. The van der Waals surface area contributed by atoms with E-state index < -0.39 is 5.54 Å². The molecule has 2 aliphatic heterocycles. The fraction of sp³-hybridized carbons (Fsp3) is 0.481. The van der Waals surface area contributed by atoms with Gasteiger partial charge in [-0.05, 0) is 55.0 Å². The number of halogens is 2. The number of rotatable bonds is 6. The number of carbonyl (C=O) groups excluding carboxylic acids is 2. The number of nitrogens with zero attached hydrogens (tertiary/aromatic N) is 2. The maximum absolute atomic E-state index is 14.0. The molecule has 6 nitrogen and oxygen atoms in total. The van der Waals surface area contributed by atoms with Gasteiger partial charge in [0.2, 0.25) is 11.8 Å². The summed E-state index contributed by atoms with van der Waals surface area (Å²) in [6.07, 6.45) is 3.39. The Labute approximate surface area is 216 Å². The molecule has 0 aromatic heterocycles. The van der Waals surface area contributed by atoms with E-state index in [-0.39, 0.29) is 24.4 Å². The number of hydrogen-bond donors (Lipinski definition) is 1. The Balaban J connectivity index is 1.61. The number of morpholine rings is 1. The number of carbonyl (C=O) groups is 2. The summed E-state index contributed by atoms with van der Waals surface area (Å²) in [6, 6.07) is 13.3. The third-order valence-electron chi connectivity index (χ3n) is 7.67. The molecule has 3 aliphatic rings. The lowest BCUT2D eigenvalue weighted by Gasteiger charge is -2.44. The molecule has 1 saturated heterocycles. The van der Waals surface area contributed by atoms with Gasteiger partial charge in [0, 0.05) is 46.8 Å². The van der Waals surface area contributed by atoms with Gasteiger partial charge in [-0.25, -0.2) is 0 Å². The molecule has 35 heavy (non-hydrogen) atoms. The van der Waals surface area contributed by atoms with E-state index in [1.807, 2.05) is 41.3 Å². The monoisotopic (exact) mass is 515 g/mol. The van der Waals surface area contributed by atoms with Gasteiger partial charge in [0.25, 0.3) is 0 Å². The largest absolute Gasteiger partial charge is 0.378 e. The van der Waals surface area contributed by atoms with E-state index in [0.717, 1.165) is 30.4 Å². The van der Waals surface area contributed by atoms with Crippen molar-refractivity contribution in [3.05, 3.63) is 63.6 Å². The molecule has 0 radical (unpaired) electrons. The minimum atomic E-state index is -1.04. The topological polar surface area (TPSA) is 61.9 Å². The summed E-state index contributed by atoms with van der Waals surface area (Å²) >= 11 is 12.6. The third kappa shape index (κ3) is 4.82. The predicted octanol–water partition coefficient (Wildman–Crippen LogP) is 4.73. The number of hydrogen-bond acceptors (Lipinski definition) is 4. The summed E-state index contributed by atoms with van der Waals surface area (Å²) in [5.41, 5.74) is 1.48. The minimum Gasteiger partial charge on any atom is -0.378 e. The second kappa shape index (κ2) is 10.1. The fourth-order valence-corrected chi connectivity index (χ4v) is 6.31. The van der Waals surface area contributed by atoms with Crippen molar-refractivity contribution in [1.29, 1.82) is 0 Å². The summed E-state index contributed by atoms with van der Waals surface area (Å²) in [5.74, 6) is 0.455. The maximum atomic E-state index is 14.0. The average molecular weight is 516 g/mol. The van der Waals surface area contributed by atoms with Crippen LogP contribution in [0.5, 0.6) is 0 Å². The second-order valence-electron chi connectivity index (χ2n) is 10.0. The van der Waals surface area contributed by atoms with E-state index in [1.54, 1.807) is 6.07 Å². The summed E-state index contributed by atoms with van der Waals surface area (Å²) in [5, 5.41) is 4.27. The van der Waals surface area contributed by atoms with Gasteiger partial charge in [-0.3, -0.25) is 14.5 Å². The van der Waals surface area contributed by atoms with E-state index in [1.165, 1.54) is 0 Å². The molecule has 1 saturated carbocycles. The molecule has 186 valence electrons. The smallest absolute Gasteiger partial charge is 0.249 e. The zero-order valence-corrected chi connectivity index (χ0v) is 21.4. The first-order valence-corrected chi connectivity index (χ1v) is 13.1. The standard InChI is InChI=1S/C27H31Cl2N3O3/c1-18-5-7-22(13-18)32(17-25(33)31-9-11-35-12-10-31)27(16-19-3-2-4-20(28)14-19)23-8-6-21(29)15-24(23)30-26(27)34/h2-4,6,8,14-15,18,22H,5,7,9-13,16-17H2,1H3,(H,30,34)/t18-,22-,27?/m1/s1. The van der Waals surface area contributed by atoms with Crippen molar-refractivity contribution in [2.45, 2.75) is 44.2 Å². The molecule has 2 amide bonds. The van der Waals surface area contributed by atoms with Crippen molar-refractivity contribution in [3.63, 3.8) is 0 Å². The van der Waals surface area contributed by atoms with Crippen LogP contribution in [0, 0.1) is 5.92 Å². The van der Waals surface area contributed by atoms with E-state index in [9.17, 15) is 9.59 Å². The zero-order chi connectivity index (χ0) is 24.6. The second-order valence-corrected chi connectivity index (χ2v) is 10.9. The van der Waals surface area contributed by atoms with Gasteiger partial charge in [-0.1, -0.05) is 48.3 Å². The Hall–Kier alpha value is -2.12. The summed E-state index contributed by atoms with van der Waals surface area (Å²) in [4.78, 5) is 31.6. The molecule has 0 spiro atoms. The molecule has 2 heterocycles. The van der Waals surface area contributed by atoms with E-state index in [0.29, 0.717) is 54.4 Å². The highest BCUT2D eigenvalue weighted by atomic mass is 35.5. The van der Waals surface area contributed by atoms with Gasteiger partial charge in [0.15, 0.2) is 0 Å². The number of benzene rings is 2. The zero-order valence-electron chi connectivity index (χ0n) is 19.9. The number of fused-ring (bicyclic) bond motifs is 1. The fourth-order valence-electron chi connectivity index (χ4n) is 5.93. The van der Waals surface area contributed by atoms with Crippen molar-refractivity contribution in [2.24, 2.45) is 5.92 Å². The highest BCUT2D eigenvalue weighted by molar-refractivity contribution is 6.31. The lowest BCUT2D eigenvalue weighted by Crippen LogP contribution is -2.59. The lowest BCUT2D eigenvalue weighted by molar-refractivity contribution is -0.142. The SMILES string of the molecule is C[C@@H]1CC[C@@H](N(CC(=O)N2CCOCC2)C2(Cc3cccc(Cl)c3)C(=O)Nc3cc(Cl)ccc32)C1. The van der Waals surface area contributed by atoms with Crippen molar-refractivity contribution >= 4 is 40.7 Å². The van der Waals surface area contributed by atoms with Crippen LogP contribution >= 0.6 is 23.2 Å². The van der Waals surface area contributed by atoms with Crippen LogP contribution in [0.4, 0.5) is 5.69 Å². The van der Waals surface area contributed by atoms with Crippen molar-refractivity contribution in [1.82, 2.24) is 9.80 Å². The molecule has 0 bridgehead atoms. The lowest BCUT2D eigenvalue weighted by atomic mass is 9.81. The van der Waals surface area contributed by atoms with Crippen molar-refractivity contribution < 1.29 is 14.3 Å². The van der Waals surface area contributed by atoms with Gasteiger partial charge in [0.05, 0.1) is 19.8 Å². The van der Waals surface area contributed by atoms with Crippen LogP contribution < -0.4 is 5.32 Å². The van der Waals surface area contributed by atoms with E-state index in [4.69, 9.17) is 27.9 Å². The Morgan fingerprint density at radius 1 is 1.14 bits per heavy atom. The molecule has 2 aromatic rings. The Morgan fingerprint density at radius 2 is 1.91 bits per heavy atom. The van der Waals surface area contributed by atoms with Crippen molar-refractivity contribution in [2.75, 3.05) is 38.2 Å². The molecule has 8 heteroatoms. The van der Waals surface area contributed by atoms with Crippen LogP contribution in [0.1, 0.15) is 37.3 Å². The van der Waals surface area contributed by atoms with Gasteiger partial charge in [-0.15, -0.1) is 0 Å². The highest BCUT2D eigenvalue weighted by Gasteiger charge is 2.54. The first kappa shape index (κ1) is 24.6. The molecule has 1 N–H and O–H groups in total. The van der Waals surface area contributed by atoms with Gasteiger partial charge in [-0.2, -0.15) is 0 Å². The van der Waals surface area contributed by atoms with Crippen LogP contribution in [-0.2, 0) is 26.3 Å². The van der Waals surface area contributed by atoms with Crippen LogP contribution in [-0.4, -0.2) is 60.5 Å². The maximum Gasteiger partial charge on any atom is 0.249 e. The molecule has 2 fully saturated rings. The molecule has 1 aliphatic carbocycles. The predicted molar refractivity (Wildman–Crippen MR) is 138 cm³/mol. The number of nitrogens with one attached hydrogen (secondary N) is 1. The summed E-state index contributed by atoms with van der Waals surface area (Å²) < 4.78 is 5.46. The molecular formula is C27H31Cl2N3O3. The summed E-state index contributed by atoms with van der Waals surface area (Å²) in [6.45, 7) is 4.66. The quantitative estimate of drug-likeness (QED) is 0.603. The minimum absolute atomic E-state index is 0.0357. The molecular weight excluding hydrogens is 485 g/mol. The molecule has 2 aromatic carbocycles. The number of amides is 2. The van der Waals surface area contributed by atoms with Gasteiger partial charge in [0.1, 0.15) is 5.54 Å². The Bertz CT molecular complexity index is 1120. The number of ether oxygens (including phenoxy) is 1. The normalized spacial score (nSPS) is 26.2. The van der Waals surface area contributed by atoms with Crippen LogP contribution in [0.2, 0.25) is 10.0 Å². The van der Waals surface area contributed by atoms with E-state index in [2.05, 4.69) is 17.1 Å². The molecule has 3 atom stereocenters. The average Bonchev–Trinajstić information content (AvgIpc) is 3.38. The van der Waals surface area contributed by atoms with Gasteiger partial charge < -0.3 is 15.0 Å². The van der Waals surface area contributed by atoms with Crippen LogP contribution in [0.15, 0.2) is 42.5 Å². The Morgan fingerprint density at radius 3 is 2.63 bits per heavy atom. The number of anilines is 1. The van der Waals surface area contributed by atoms with Crippen LogP contribution in [0.25, 0.3) is 0 Å². The molecule has 5 rings (SSSR count). The van der Waals surface area contributed by atoms with Gasteiger partial charge >= 0.3 is 0 Å². The summed E-state index contributed by atoms with van der Waals surface area (Å²) in [7, 11) is 0. The Kier molecular flexibility index (Phi) is 7.09. The first-order chi connectivity index (χ1) is 16.9. The van der Waals surface area contributed by atoms with Crippen LogP contribution in [0.3, 0.4) is 0 Å². The van der Waals surface area contributed by atoms with E-state index >= 15 is 0 Å². The highest BCUT2D eigenvalue weighted by Crippen LogP contribution is 2.47.